The van der Waals surface area contributed by atoms with Crippen molar-refractivity contribution in [2.75, 3.05) is 11.9 Å². The van der Waals surface area contributed by atoms with Gasteiger partial charge in [0.1, 0.15) is 0 Å². The molecule has 1 fully saturated rings. The van der Waals surface area contributed by atoms with Crippen molar-refractivity contribution in [2.45, 2.75) is 43.9 Å². The molecular weight excluding hydrogens is 232 g/mol. The summed E-state index contributed by atoms with van der Waals surface area (Å²) in [6.07, 6.45) is 2.87. The molecule has 1 aliphatic heterocycles. The van der Waals surface area contributed by atoms with Crippen molar-refractivity contribution in [1.29, 1.82) is 0 Å². The summed E-state index contributed by atoms with van der Waals surface area (Å²) in [5.41, 5.74) is 2.51. The summed E-state index contributed by atoms with van der Waals surface area (Å²) in [7, 11) is 0. The molecule has 1 nitrogen and oxygen atoms in total. The molecule has 0 bridgehead atoms. The maximum absolute atomic E-state index is 13.2. The normalized spacial score (nSPS) is 29.7. The van der Waals surface area contributed by atoms with Crippen molar-refractivity contribution >= 4 is 5.69 Å². The molecule has 1 heterocycles. The highest BCUT2D eigenvalue weighted by Gasteiger charge is 2.40. The van der Waals surface area contributed by atoms with Crippen molar-refractivity contribution in [3.63, 3.8) is 0 Å². The van der Waals surface area contributed by atoms with Gasteiger partial charge in [0.05, 0.1) is 0 Å². The molecule has 2 aliphatic rings. The minimum atomic E-state index is -2.41. The molecular formula is C15H19F2N. The lowest BCUT2D eigenvalue weighted by atomic mass is 9.83. The molecule has 2 atom stereocenters. The molecule has 1 aromatic carbocycles. The van der Waals surface area contributed by atoms with Crippen molar-refractivity contribution in [1.82, 2.24) is 0 Å². The van der Waals surface area contributed by atoms with E-state index in [1.54, 1.807) is 0 Å². The fraction of sp³-hybridized carbons (Fsp3) is 0.600. The molecule has 3 heteroatoms. The number of para-hydroxylation sites is 1. The number of anilines is 1. The van der Waals surface area contributed by atoms with Crippen molar-refractivity contribution in [3.05, 3.63) is 29.8 Å². The fourth-order valence-corrected chi connectivity index (χ4v) is 3.44. The first-order valence-electron chi connectivity index (χ1n) is 6.85. The van der Waals surface area contributed by atoms with Gasteiger partial charge in [0.25, 0.3) is 0 Å². The number of hydrogen-bond donors (Lipinski definition) is 1. The SMILES string of the molecule is FC1(F)CCC(CC2CCNc3ccccc32)C1. The molecule has 0 amide bonds. The van der Waals surface area contributed by atoms with Crippen LogP contribution in [0.3, 0.4) is 0 Å². The van der Waals surface area contributed by atoms with Gasteiger partial charge in [-0.1, -0.05) is 18.2 Å². The molecule has 2 unspecified atom stereocenters. The van der Waals surface area contributed by atoms with Crippen LogP contribution in [0, 0.1) is 5.92 Å². The average molecular weight is 251 g/mol. The third-order valence-electron chi connectivity index (χ3n) is 4.33. The standard InChI is InChI=1S/C15H19F2N/c16-15(17)7-5-11(10-15)9-12-6-8-18-14-4-2-1-3-13(12)14/h1-4,11-12,18H,5-10H2. The Kier molecular flexibility index (Phi) is 3.00. The van der Waals surface area contributed by atoms with Crippen LogP contribution in [0.2, 0.25) is 0 Å². The summed E-state index contributed by atoms with van der Waals surface area (Å²) in [5, 5.41) is 3.39. The molecule has 3 rings (SSSR count). The van der Waals surface area contributed by atoms with Gasteiger partial charge in [0.2, 0.25) is 5.92 Å². The summed E-state index contributed by atoms with van der Waals surface area (Å²) >= 11 is 0. The number of rotatable bonds is 2. The van der Waals surface area contributed by atoms with Crippen LogP contribution >= 0.6 is 0 Å². The van der Waals surface area contributed by atoms with Crippen LogP contribution in [0.1, 0.15) is 43.6 Å². The molecule has 1 aromatic rings. The molecule has 0 spiro atoms. The number of alkyl halides is 2. The monoisotopic (exact) mass is 251 g/mol. The maximum Gasteiger partial charge on any atom is 0.248 e. The fourth-order valence-electron chi connectivity index (χ4n) is 3.44. The minimum Gasteiger partial charge on any atom is -0.385 e. The lowest BCUT2D eigenvalue weighted by Gasteiger charge is -2.28. The quantitative estimate of drug-likeness (QED) is 0.821. The van der Waals surface area contributed by atoms with Crippen LogP contribution in [0.15, 0.2) is 24.3 Å². The van der Waals surface area contributed by atoms with Gasteiger partial charge < -0.3 is 5.32 Å². The molecule has 0 saturated heterocycles. The number of benzene rings is 1. The van der Waals surface area contributed by atoms with E-state index in [9.17, 15) is 8.78 Å². The van der Waals surface area contributed by atoms with E-state index in [-0.39, 0.29) is 18.8 Å². The molecule has 18 heavy (non-hydrogen) atoms. The maximum atomic E-state index is 13.2. The highest BCUT2D eigenvalue weighted by Crippen LogP contribution is 2.45. The van der Waals surface area contributed by atoms with Crippen molar-refractivity contribution < 1.29 is 8.78 Å². The predicted octanol–water partition coefficient (Wildman–Crippen LogP) is 4.41. The third kappa shape index (κ3) is 2.36. The third-order valence-corrected chi connectivity index (χ3v) is 4.33. The Labute approximate surface area is 107 Å². The Hall–Kier alpha value is -1.12. The summed E-state index contributed by atoms with van der Waals surface area (Å²) in [6.45, 7) is 0.963. The van der Waals surface area contributed by atoms with Crippen LogP contribution in [0.4, 0.5) is 14.5 Å². The minimum absolute atomic E-state index is 0.0876. The van der Waals surface area contributed by atoms with Gasteiger partial charge >= 0.3 is 0 Å². The zero-order valence-electron chi connectivity index (χ0n) is 10.5. The van der Waals surface area contributed by atoms with E-state index < -0.39 is 5.92 Å². The lowest BCUT2D eigenvalue weighted by Crippen LogP contribution is -2.19. The molecule has 1 saturated carbocycles. The first kappa shape index (κ1) is 11.9. The number of fused-ring (bicyclic) bond motifs is 1. The van der Waals surface area contributed by atoms with E-state index in [0.29, 0.717) is 12.3 Å². The van der Waals surface area contributed by atoms with Gasteiger partial charge in [-0.15, -0.1) is 0 Å². The highest BCUT2D eigenvalue weighted by molar-refractivity contribution is 5.54. The molecule has 1 aliphatic carbocycles. The predicted molar refractivity (Wildman–Crippen MR) is 69.2 cm³/mol. The van der Waals surface area contributed by atoms with Gasteiger partial charge in [0.15, 0.2) is 0 Å². The Balaban J connectivity index is 1.71. The molecule has 0 radical (unpaired) electrons. The highest BCUT2D eigenvalue weighted by atomic mass is 19.3. The van der Waals surface area contributed by atoms with Gasteiger partial charge in [-0.25, -0.2) is 8.78 Å². The Morgan fingerprint density at radius 3 is 2.83 bits per heavy atom. The average Bonchev–Trinajstić information content (AvgIpc) is 2.69. The number of nitrogens with one attached hydrogen (secondary N) is 1. The Bertz CT molecular complexity index is 430. The second-order valence-corrected chi connectivity index (χ2v) is 5.70. The smallest absolute Gasteiger partial charge is 0.248 e. The number of halogens is 2. The van der Waals surface area contributed by atoms with Crippen molar-refractivity contribution in [2.24, 2.45) is 5.92 Å². The second kappa shape index (κ2) is 4.52. The molecule has 1 N–H and O–H groups in total. The molecule has 98 valence electrons. The topological polar surface area (TPSA) is 12.0 Å². The first-order chi connectivity index (χ1) is 8.64. The summed E-state index contributed by atoms with van der Waals surface area (Å²) < 4.78 is 26.5. The molecule has 0 aromatic heterocycles. The van der Waals surface area contributed by atoms with E-state index in [1.807, 2.05) is 12.1 Å². The Morgan fingerprint density at radius 1 is 1.22 bits per heavy atom. The summed E-state index contributed by atoms with van der Waals surface area (Å²) in [5.74, 6) is -1.74. The van der Waals surface area contributed by atoms with Gasteiger partial charge in [-0.2, -0.15) is 0 Å². The largest absolute Gasteiger partial charge is 0.385 e. The van der Waals surface area contributed by atoms with Crippen LogP contribution in [0.5, 0.6) is 0 Å². The van der Waals surface area contributed by atoms with Crippen LogP contribution in [0.25, 0.3) is 0 Å². The van der Waals surface area contributed by atoms with Gasteiger partial charge in [0, 0.05) is 25.1 Å². The summed E-state index contributed by atoms with van der Waals surface area (Å²) in [4.78, 5) is 0. The van der Waals surface area contributed by atoms with E-state index >= 15 is 0 Å². The lowest BCUT2D eigenvalue weighted by molar-refractivity contribution is 0.00441. The van der Waals surface area contributed by atoms with Gasteiger partial charge in [-0.05, 0) is 42.7 Å². The van der Waals surface area contributed by atoms with Crippen LogP contribution < -0.4 is 5.32 Å². The second-order valence-electron chi connectivity index (χ2n) is 5.70. The van der Waals surface area contributed by atoms with E-state index in [0.717, 1.165) is 19.4 Å². The Morgan fingerprint density at radius 2 is 2.06 bits per heavy atom. The summed E-state index contributed by atoms with van der Waals surface area (Å²) in [6, 6.07) is 8.30. The van der Waals surface area contributed by atoms with Crippen LogP contribution in [-0.2, 0) is 0 Å². The van der Waals surface area contributed by atoms with Gasteiger partial charge in [-0.3, -0.25) is 0 Å². The van der Waals surface area contributed by atoms with E-state index in [2.05, 4.69) is 17.4 Å². The van der Waals surface area contributed by atoms with Crippen molar-refractivity contribution in [3.8, 4) is 0 Å². The first-order valence-corrected chi connectivity index (χ1v) is 6.85. The zero-order valence-corrected chi connectivity index (χ0v) is 10.5. The van der Waals surface area contributed by atoms with Crippen LogP contribution in [-0.4, -0.2) is 12.5 Å². The van der Waals surface area contributed by atoms with E-state index in [4.69, 9.17) is 0 Å². The zero-order chi connectivity index (χ0) is 12.6. The van der Waals surface area contributed by atoms with E-state index in [1.165, 1.54) is 11.3 Å². The number of hydrogen-bond acceptors (Lipinski definition) is 1.